The molecule has 1 aliphatic heterocycles. The van der Waals surface area contributed by atoms with Crippen molar-refractivity contribution in [2.24, 2.45) is 0 Å². The minimum absolute atomic E-state index is 0.126. The van der Waals surface area contributed by atoms with Gasteiger partial charge in [-0.25, -0.2) is 0 Å². The first-order chi connectivity index (χ1) is 13.3. The molecule has 4 rings (SSSR count). The van der Waals surface area contributed by atoms with Crippen molar-refractivity contribution < 1.29 is 4.79 Å². The fourth-order valence-corrected chi connectivity index (χ4v) is 3.79. The van der Waals surface area contributed by atoms with Crippen molar-refractivity contribution in [3.05, 3.63) is 96.1 Å². The molecule has 1 aliphatic rings. The maximum Gasteiger partial charge on any atom is 0.256 e. The Balaban J connectivity index is 1.87. The second-order valence-corrected chi connectivity index (χ2v) is 6.85. The molecule has 0 N–H and O–H groups in total. The Morgan fingerprint density at radius 2 is 1.37 bits per heavy atom. The largest absolute Gasteiger partial charge is 0.316 e. The van der Waals surface area contributed by atoms with Crippen LogP contribution in [0.1, 0.15) is 41.9 Å². The minimum Gasteiger partial charge on any atom is -0.316 e. The third-order valence-corrected chi connectivity index (χ3v) is 5.09. The summed E-state index contributed by atoms with van der Waals surface area (Å²) in [7, 11) is 0. The zero-order valence-corrected chi connectivity index (χ0v) is 15.6. The van der Waals surface area contributed by atoms with Crippen LogP contribution in [0.5, 0.6) is 0 Å². The van der Waals surface area contributed by atoms with Crippen LogP contribution in [0.4, 0.5) is 11.4 Å². The van der Waals surface area contributed by atoms with Crippen molar-refractivity contribution in [1.82, 2.24) is 4.90 Å². The molecule has 3 aromatic carbocycles. The van der Waals surface area contributed by atoms with E-state index < -0.39 is 0 Å². The first-order valence-electron chi connectivity index (χ1n) is 9.60. The summed E-state index contributed by atoms with van der Waals surface area (Å²) in [5, 5.41) is 0. The lowest BCUT2D eigenvalue weighted by molar-refractivity contribution is 0.0726. The number of hydrogen-bond acceptors (Lipinski definition) is 2. The van der Waals surface area contributed by atoms with Gasteiger partial charge in [-0.1, -0.05) is 67.9 Å². The molecule has 1 unspecified atom stereocenters. The highest BCUT2D eigenvalue weighted by Crippen LogP contribution is 2.42. The third kappa shape index (κ3) is 3.21. The number of fused-ring (bicyclic) bond motifs is 1. The zero-order valence-electron chi connectivity index (χ0n) is 15.6. The van der Waals surface area contributed by atoms with Crippen LogP contribution in [0.15, 0.2) is 84.9 Å². The van der Waals surface area contributed by atoms with Gasteiger partial charge < -0.3 is 9.80 Å². The summed E-state index contributed by atoms with van der Waals surface area (Å²) < 4.78 is 0. The molecule has 0 fully saturated rings. The number of carbonyl (C=O) groups excluding carboxylic acids is 1. The maximum absolute atomic E-state index is 13.2. The van der Waals surface area contributed by atoms with Crippen molar-refractivity contribution in [2.75, 3.05) is 11.4 Å². The van der Waals surface area contributed by atoms with Gasteiger partial charge in [-0.05, 0) is 36.8 Å². The van der Waals surface area contributed by atoms with E-state index in [1.165, 1.54) is 0 Å². The number of nitrogens with zero attached hydrogens (tertiary/aromatic N) is 2. The Hall–Kier alpha value is -3.07. The number of unbranched alkanes of at least 4 members (excludes halogenated alkanes) is 1. The van der Waals surface area contributed by atoms with Crippen molar-refractivity contribution in [1.29, 1.82) is 0 Å². The Morgan fingerprint density at radius 1 is 0.815 bits per heavy atom. The van der Waals surface area contributed by atoms with Crippen LogP contribution in [0.3, 0.4) is 0 Å². The van der Waals surface area contributed by atoms with Crippen molar-refractivity contribution >= 4 is 17.3 Å². The summed E-state index contributed by atoms with van der Waals surface area (Å²) >= 11 is 0. The summed E-state index contributed by atoms with van der Waals surface area (Å²) in [5.74, 6) is 0.126. The third-order valence-electron chi connectivity index (χ3n) is 5.09. The first kappa shape index (κ1) is 17.3. The van der Waals surface area contributed by atoms with Crippen molar-refractivity contribution in [3.63, 3.8) is 0 Å². The lowest BCUT2D eigenvalue weighted by Crippen LogP contribution is -2.38. The topological polar surface area (TPSA) is 23.6 Å². The summed E-state index contributed by atoms with van der Waals surface area (Å²) in [6, 6.07) is 28.7. The van der Waals surface area contributed by atoms with Crippen LogP contribution in [-0.2, 0) is 0 Å². The van der Waals surface area contributed by atoms with Gasteiger partial charge in [0.25, 0.3) is 5.91 Å². The molecule has 3 heteroatoms. The smallest absolute Gasteiger partial charge is 0.256 e. The molecule has 0 bridgehead atoms. The number of amides is 1. The molecule has 1 atom stereocenters. The van der Waals surface area contributed by atoms with E-state index in [1.54, 1.807) is 0 Å². The summed E-state index contributed by atoms with van der Waals surface area (Å²) in [6.45, 7) is 2.92. The van der Waals surface area contributed by atoms with Gasteiger partial charge in [-0.2, -0.15) is 0 Å². The molecule has 0 spiro atoms. The van der Waals surface area contributed by atoms with E-state index in [9.17, 15) is 4.79 Å². The average molecular weight is 356 g/mol. The van der Waals surface area contributed by atoms with E-state index in [1.807, 2.05) is 59.5 Å². The summed E-state index contributed by atoms with van der Waals surface area (Å²) in [5.41, 5.74) is 4.06. The van der Waals surface area contributed by atoms with Gasteiger partial charge in [0.1, 0.15) is 6.17 Å². The second kappa shape index (κ2) is 7.67. The van der Waals surface area contributed by atoms with E-state index in [4.69, 9.17) is 0 Å². The van der Waals surface area contributed by atoms with Crippen LogP contribution < -0.4 is 4.90 Å². The predicted octanol–water partition coefficient (Wildman–Crippen LogP) is 5.78. The fourth-order valence-electron chi connectivity index (χ4n) is 3.79. The number of anilines is 2. The Labute approximate surface area is 160 Å². The summed E-state index contributed by atoms with van der Waals surface area (Å²) in [4.78, 5) is 17.5. The number of rotatable bonds is 6. The van der Waals surface area contributed by atoms with E-state index in [2.05, 4.69) is 42.2 Å². The standard InChI is InChI=1S/C24H24N2O/c1-2-3-18-25-23(21-16-10-11-17-22(21)24(25)27)26(19-12-6-4-7-13-19)20-14-8-5-9-15-20/h4-17,23H,2-3,18H2,1H3. The fraction of sp³-hybridized carbons (Fsp3) is 0.208. The van der Waals surface area contributed by atoms with E-state index >= 15 is 0 Å². The highest BCUT2D eigenvalue weighted by atomic mass is 16.2. The number of para-hydroxylation sites is 2. The lowest BCUT2D eigenvalue weighted by Gasteiger charge is -2.37. The average Bonchev–Trinajstić information content (AvgIpc) is 3.00. The van der Waals surface area contributed by atoms with Gasteiger partial charge >= 0.3 is 0 Å². The SMILES string of the molecule is CCCCN1C(=O)c2ccccc2C1N(c1ccccc1)c1ccccc1. The van der Waals surface area contributed by atoms with E-state index in [0.29, 0.717) is 0 Å². The van der Waals surface area contributed by atoms with Gasteiger partial charge in [0, 0.05) is 29.0 Å². The molecule has 1 amide bonds. The molecule has 0 radical (unpaired) electrons. The van der Waals surface area contributed by atoms with Crippen LogP contribution >= 0.6 is 0 Å². The molecule has 0 aliphatic carbocycles. The quantitative estimate of drug-likeness (QED) is 0.559. The van der Waals surface area contributed by atoms with E-state index in [0.717, 1.165) is 41.9 Å². The normalized spacial score (nSPS) is 15.7. The molecular formula is C24H24N2O. The second-order valence-electron chi connectivity index (χ2n) is 6.85. The van der Waals surface area contributed by atoms with Gasteiger partial charge in [0.05, 0.1) is 0 Å². The molecule has 1 heterocycles. The van der Waals surface area contributed by atoms with Crippen LogP contribution in [0, 0.1) is 0 Å². The Bertz CT molecular complexity index is 868. The molecule has 0 saturated carbocycles. The number of benzene rings is 3. The Morgan fingerprint density at radius 3 is 1.96 bits per heavy atom. The molecule has 0 aromatic heterocycles. The molecule has 3 aromatic rings. The monoisotopic (exact) mass is 356 g/mol. The molecule has 27 heavy (non-hydrogen) atoms. The van der Waals surface area contributed by atoms with Crippen molar-refractivity contribution in [3.8, 4) is 0 Å². The first-order valence-corrected chi connectivity index (χ1v) is 9.60. The van der Waals surface area contributed by atoms with Crippen LogP contribution in [0.2, 0.25) is 0 Å². The van der Waals surface area contributed by atoms with Gasteiger partial charge in [0.15, 0.2) is 0 Å². The van der Waals surface area contributed by atoms with Gasteiger partial charge in [-0.15, -0.1) is 0 Å². The highest BCUT2D eigenvalue weighted by Gasteiger charge is 2.40. The van der Waals surface area contributed by atoms with Gasteiger partial charge in [0.2, 0.25) is 0 Å². The minimum atomic E-state index is -0.134. The number of hydrogen-bond donors (Lipinski definition) is 0. The zero-order chi connectivity index (χ0) is 18.6. The molecule has 0 saturated heterocycles. The molecule has 3 nitrogen and oxygen atoms in total. The Kier molecular flexibility index (Phi) is 4.93. The predicted molar refractivity (Wildman–Crippen MR) is 110 cm³/mol. The maximum atomic E-state index is 13.2. The van der Waals surface area contributed by atoms with Crippen molar-refractivity contribution in [2.45, 2.75) is 25.9 Å². The van der Waals surface area contributed by atoms with Crippen LogP contribution in [0.25, 0.3) is 0 Å². The van der Waals surface area contributed by atoms with Gasteiger partial charge in [-0.3, -0.25) is 4.79 Å². The molecule has 136 valence electrons. The molecular weight excluding hydrogens is 332 g/mol. The van der Waals surface area contributed by atoms with E-state index in [-0.39, 0.29) is 12.1 Å². The van der Waals surface area contributed by atoms with Crippen LogP contribution in [-0.4, -0.2) is 17.4 Å². The lowest BCUT2D eigenvalue weighted by atomic mass is 10.1. The highest BCUT2D eigenvalue weighted by molar-refractivity contribution is 6.00. The summed E-state index contributed by atoms with van der Waals surface area (Å²) in [6.07, 6.45) is 1.92. The number of carbonyl (C=O) groups is 1.